The van der Waals surface area contributed by atoms with E-state index in [9.17, 15) is 0 Å². The number of hydrogen-bond donors (Lipinski definition) is 2. The molecule has 4 nitrogen and oxygen atoms in total. The topological polar surface area (TPSA) is 49.8 Å². The average Bonchev–Trinajstić information content (AvgIpc) is 2.38. The molecule has 0 saturated heterocycles. The van der Waals surface area contributed by atoms with E-state index in [1.807, 2.05) is 37.3 Å². The van der Waals surface area contributed by atoms with Crippen molar-refractivity contribution in [3.8, 4) is 0 Å². The maximum absolute atomic E-state index is 4.41. The molecule has 2 N–H and O–H groups in total. The van der Waals surface area contributed by atoms with E-state index in [1.165, 1.54) is 6.42 Å². The summed E-state index contributed by atoms with van der Waals surface area (Å²) in [5.41, 5.74) is 0.997. The number of hydrogen-bond acceptors (Lipinski definition) is 4. The van der Waals surface area contributed by atoms with Crippen LogP contribution in [0.15, 0.2) is 34.8 Å². The van der Waals surface area contributed by atoms with Gasteiger partial charge in [-0.05, 0) is 31.5 Å². The van der Waals surface area contributed by atoms with Crippen molar-refractivity contribution < 1.29 is 0 Å². The van der Waals surface area contributed by atoms with Crippen molar-refractivity contribution in [3.05, 3.63) is 40.6 Å². The highest BCUT2D eigenvalue weighted by Gasteiger charge is 2.02. The first-order chi connectivity index (χ1) is 9.67. The monoisotopic (exact) mass is 334 g/mol. The Morgan fingerprint density at radius 3 is 2.70 bits per heavy atom. The van der Waals surface area contributed by atoms with E-state index >= 15 is 0 Å². The summed E-state index contributed by atoms with van der Waals surface area (Å²) < 4.78 is 1.04. The largest absolute Gasteiger partial charge is 0.370 e. The number of nitrogens with one attached hydrogen (secondary N) is 2. The number of aryl methyl sites for hydroxylation is 1. The molecule has 5 heteroatoms. The molecule has 2 rings (SSSR count). The zero-order valence-electron chi connectivity index (χ0n) is 11.8. The van der Waals surface area contributed by atoms with Gasteiger partial charge in [0.05, 0.1) is 0 Å². The second kappa shape index (κ2) is 7.24. The maximum atomic E-state index is 4.41. The van der Waals surface area contributed by atoms with Gasteiger partial charge < -0.3 is 10.6 Å². The van der Waals surface area contributed by atoms with Crippen LogP contribution in [0.25, 0.3) is 0 Å². The third kappa shape index (κ3) is 4.49. The van der Waals surface area contributed by atoms with Gasteiger partial charge in [-0.1, -0.05) is 35.3 Å². The molecule has 1 aromatic carbocycles. The number of anilines is 3. The Bertz CT molecular complexity index is 572. The van der Waals surface area contributed by atoms with Crippen molar-refractivity contribution in [2.75, 3.05) is 17.2 Å². The highest BCUT2D eigenvalue weighted by molar-refractivity contribution is 9.10. The summed E-state index contributed by atoms with van der Waals surface area (Å²) in [4.78, 5) is 8.80. The zero-order valence-corrected chi connectivity index (χ0v) is 13.4. The lowest BCUT2D eigenvalue weighted by atomic mass is 10.3. The van der Waals surface area contributed by atoms with Gasteiger partial charge in [-0.2, -0.15) is 0 Å². The molecule has 2 aromatic rings. The molecule has 0 aliphatic rings. The number of aromatic nitrogens is 2. The summed E-state index contributed by atoms with van der Waals surface area (Å²) in [6.45, 7) is 5.01. The molecule has 1 aromatic heterocycles. The molecule has 0 atom stereocenters. The Morgan fingerprint density at radius 1 is 1.15 bits per heavy atom. The minimum atomic E-state index is 0.754. The Kier molecular flexibility index (Phi) is 5.35. The normalized spacial score (nSPS) is 10.3. The summed E-state index contributed by atoms with van der Waals surface area (Å²) in [6.07, 6.45) is 2.30. The Balaban J connectivity index is 2.11. The van der Waals surface area contributed by atoms with Crippen molar-refractivity contribution >= 4 is 33.3 Å². The van der Waals surface area contributed by atoms with Crippen LogP contribution >= 0.6 is 15.9 Å². The molecule has 0 fully saturated rings. The van der Waals surface area contributed by atoms with Crippen LogP contribution in [0.5, 0.6) is 0 Å². The Morgan fingerprint density at radius 2 is 1.95 bits per heavy atom. The van der Waals surface area contributed by atoms with E-state index in [0.717, 1.165) is 40.6 Å². The van der Waals surface area contributed by atoms with Crippen LogP contribution in [0.1, 0.15) is 25.6 Å². The van der Waals surface area contributed by atoms with Gasteiger partial charge in [-0.15, -0.1) is 0 Å². The van der Waals surface area contributed by atoms with Gasteiger partial charge in [0.2, 0.25) is 0 Å². The predicted molar refractivity (Wildman–Crippen MR) is 87.6 cm³/mol. The molecule has 0 unspecified atom stereocenters. The van der Waals surface area contributed by atoms with Crippen LogP contribution in [0.4, 0.5) is 17.3 Å². The molecular formula is C15H19BrN4. The molecule has 0 aliphatic heterocycles. The fourth-order valence-electron chi connectivity index (χ4n) is 1.83. The molecule has 0 aliphatic carbocycles. The summed E-state index contributed by atoms with van der Waals surface area (Å²) in [6, 6.07) is 9.94. The smallest absolute Gasteiger partial charge is 0.136 e. The first kappa shape index (κ1) is 14.8. The number of halogens is 1. The quantitative estimate of drug-likeness (QED) is 0.763. The fraction of sp³-hybridized carbons (Fsp3) is 0.333. The summed E-state index contributed by atoms with van der Waals surface area (Å²) >= 11 is 3.46. The molecule has 20 heavy (non-hydrogen) atoms. The van der Waals surface area contributed by atoms with Gasteiger partial charge >= 0.3 is 0 Å². The summed E-state index contributed by atoms with van der Waals surface area (Å²) in [5.74, 6) is 2.42. The highest BCUT2D eigenvalue weighted by atomic mass is 79.9. The van der Waals surface area contributed by atoms with Crippen LogP contribution in [0, 0.1) is 6.92 Å². The van der Waals surface area contributed by atoms with Crippen molar-refractivity contribution in [3.63, 3.8) is 0 Å². The third-order valence-electron chi connectivity index (χ3n) is 2.77. The highest BCUT2D eigenvalue weighted by Crippen LogP contribution is 2.20. The molecule has 0 bridgehead atoms. The van der Waals surface area contributed by atoms with Crippen molar-refractivity contribution in [2.45, 2.75) is 26.7 Å². The minimum absolute atomic E-state index is 0.754. The lowest BCUT2D eigenvalue weighted by Gasteiger charge is -2.10. The van der Waals surface area contributed by atoms with Gasteiger partial charge in [0.25, 0.3) is 0 Å². The molecular weight excluding hydrogens is 316 g/mol. The first-order valence-electron chi connectivity index (χ1n) is 6.79. The number of rotatable bonds is 6. The van der Waals surface area contributed by atoms with Crippen LogP contribution in [0.2, 0.25) is 0 Å². The summed E-state index contributed by atoms with van der Waals surface area (Å²) in [5, 5.41) is 6.62. The lowest BCUT2D eigenvalue weighted by molar-refractivity contribution is 0.829. The number of unbranched alkanes of at least 4 members (excludes halogenated alkanes) is 1. The number of nitrogens with zero attached hydrogens (tertiary/aromatic N) is 2. The van der Waals surface area contributed by atoms with E-state index in [-0.39, 0.29) is 0 Å². The Labute approximate surface area is 128 Å². The standard InChI is InChI=1S/C15H19BrN4/c1-3-4-8-17-14-10-15(19-11(2)18-14)20-13-7-5-6-12(16)9-13/h5-7,9-10H,3-4,8H2,1-2H3,(H2,17,18,19,20). The lowest BCUT2D eigenvalue weighted by Crippen LogP contribution is -2.06. The van der Waals surface area contributed by atoms with Crippen LogP contribution in [-0.4, -0.2) is 16.5 Å². The van der Waals surface area contributed by atoms with Gasteiger partial charge in [0.1, 0.15) is 17.5 Å². The molecule has 1 heterocycles. The van der Waals surface area contributed by atoms with Crippen LogP contribution in [-0.2, 0) is 0 Å². The fourth-order valence-corrected chi connectivity index (χ4v) is 2.23. The van der Waals surface area contributed by atoms with Crippen molar-refractivity contribution in [1.82, 2.24) is 9.97 Å². The third-order valence-corrected chi connectivity index (χ3v) is 3.26. The molecule has 0 saturated carbocycles. The van der Waals surface area contributed by atoms with Crippen LogP contribution < -0.4 is 10.6 Å². The van der Waals surface area contributed by atoms with Crippen LogP contribution in [0.3, 0.4) is 0 Å². The zero-order chi connectivity index (χ0) is 14.4. The molecule has 106 valence electrons. The Hall–Kier alpha value is -1.62. The van der Waals surface area contributed by atoms with E-state index in [4.69, 9.17) is 0 Å². The molecule has 0 radical (unpaired) electrons. The predicted octanol–water partition coefficient (Wildman–Crippen LogP) is 4.50. The SMILES string of the molecule is CCCCNc1cc(Nc2cccc(Br)c2)nc(C)n1. The summed E-state index contributed by atoms with van der Waals surface area (Å²) in [7, 11) is 0. The van der Waals surface area contributed by atoms with Gasteiger partial charge in [0.15, 0.2) is 0 Å². The second-order valence-corrected chi connectivity index (χ2v) is 5.52. The van der Waals surface area contributed by atoms with Crippen molar-refractivity contribution in [1.29, 1.82) is 0 Å². The second-order valence-electron chi connectivity index (χ2n) is 4.60. The van der Waals surface area contributed by atoms with Gasteiger partial charge in [0, 0.05) is 22.8 Å². The average molecular weight is 335 g/mol. The van der Waals surface area contributed by atoms with E-state index in [2.05, 4.69) is 43.5 Å². The maximum Gasteiger partial charge on any atom is 0.136 e. The van der Waals surface area contributed by atoms with Gasteiger partial charge in [-0.3, -0.25) is 0 Å². The molecule has 0 amide bonds. The van der Waals surface area contributed by atoms with E-state index in [0.29, 0.717) is 0 Å². The van der Waals surface area contributed by atoms with Crippen molar-refractivity contribution in [2.24, 2.45) is 0 Å². The van der Waals surface area contributed by atoms with E-state index in [1.54, 1.807) is 0 Å². The minimum Gasteiger partial charge on any atom is -0.370 e. The first-order valence-corrected chi connectivity index (χ1v) is 7.59. The number of benzene rings is 1. The van der Waals surface area contributed by atoms with E-state index < -0.39 is 0 Å². The van der Waals surface area contributed by atoms with Gasteiger partial charge in [-0.25, -0.2) is 9.97 Å². The molecule has 0 spiro atoms.